The first-order valence-electron chi connectivity index (χ1n) is 5.24. The average Bonchev–Trinajstić information content (AvgIpc) is 2.54. The summed E-state index contributed by atoms with van der Waals surface area (Å²) in [5, 5.41) is 7.01. The molecule has 0 radical (unpaired) electrons. The fraction of sp³-hybridized carbons (Fsp3) is 0.700. The summed E-state index contributed by atoms with van der Waals surface area (Å²) in [5.41, 5.74) is 0. The lowest BCUT2D eigenvalue weighted by atomic mass is 10.1. The van der Waals surface area contributed by atoms with Gasteiger partial charge in [-0.25, -0.2) is 0 Å². The molecule has 14 heavy (non-hydrogen) atoms. The van der Waals surface area contributed by atoms with E-state index in [1.807, 2.05) is 6.07 Å². The molecular formula is C10H17N3O. The minimum atomic E-state index is 0.681. The van der Waals surface area contributed by atoms with Crippen LogP contribution in [-0.4, -0.2) is 35.7 Å². The molecule has 1 aromatic rings. The molecule has 0 atom stereocenters. The summed E-state index contributed by atoms with van der Waals surface area (Å²) >= 11 is 0. The lowest BCUT2D eigenvalue weighted by Gasteiger charge is -2.37. The molecule has 1 N–H and O–H groups in total. The van der Waals surface area contributed by atoms with Crippen molar-refractivity contribution in [3.8, 4) is 0 Å². The summed E-state index contributed by atoms with van der Waals surface area (Å²) in [4.78, 5) is 2.46. The van der Waals surface area contributed by atoms with Crippen LogP contribution in [0, 0.1) is 0 Å². The van der Waals surface area contributed by atoms with Gasteiger partial charge < -0.3 is 9.84 Å². The number of nitrogens with one attached hydrogen (secondary N) is 1. The Hall–Kier alpha value is -0.870. The van der Waals surface area contributed by atoms with Crippen molar-refractivity contribution in [2.75, 3.05) is 19.6 Å². The van der Waals surface area contributed by atoms with Crippen LogP contribution in [-0.2, 0) is 6.54 Å². The van der Waals surface area contributed by atoms with E-state index < -0.39 is 0 Å². The summed E-state index contributed by atoms with van der Waals surface area (Å²) in [7, 11) is 0. The van der Waals surface area contributed by atoms with Gasteiger partial charge in [-0.3, -0.25) is 4.90 Å². The Bertz CT molecular complexity index is 256. The molecule has 4 heteroatoms. The van der Waals surface area contributed by atoms with E-state index in [4.69, 9.17) is 4.52 Å². The Morgan fingerprint density at radius 2 is 2.50 bits per heavy atom. The Kier molecular flexibility index (Phi) is 3.16. The normalized spacial score (nSPS) is 17.3. The van der Waals surface area contributed by atoms with Gasteiger partial charge in [0.2, 0.25) is 0 Å². The monoisotopic (exact) mass is 195 g/mol. The Morgan fingerprint density at radius 1 is 1.64 bits per heavy atom. The summed E-state index contributed by atoms with van der Waals surface area (Å²) in [6.07, 6.45) is 2.89. The molecule has 0 saturated carbocycles. The maximum Gasteiger partial charge on any atom is 0.150 e. The molecule has 0 aliphatic carbocycles. The van der Waals surface area contributed by atoms with E-state index in [2.05, 4.69) is 22.3 Å². The van der Waals surface area contributed by atoms with Gasteiger partial charge in [-0.15, -0.1) is 0 Å². The summed E-state index contributed by atoms with van der Waals surface area (Å²) in [6, 6.07) is 2.62. The fourth-order valence-corrected chi connectivity index (χ4v) is 1.73. The van der Waals surface area contributed by atoms with Gasteiger partial charge >= 0.3 is 0 Å². The van der Waals surface area contributed by atoms with Gasteiger partial charge in [-0.2, -0.15) is 0 Å². The molecule has 2 heterocycles. The molecule has 0 bridgehead atoms. The van der Waals surface area contributed by atoms with Gasteiger partial charge in [0.1, 0.15) is 0 Å². The third kappa shape index (κ3) is 2.13. The molecule has 0 spiro atoms. The standard InChI is InChI=1S/C10H17N3O/c1-2-5-13(9-6-11-7-9)8-10-3-4-12-14-10/h3-4,9,11H,2,5-8H2,1H3. The van der Waals surface area contributed by atoms with E-state index in [0.29, 0.717) is 6.04 Å². The SMILES string of the molecule is CCCN(Cc1ccno1)C1CNC1. The summed E-state index contributed by atoms with van der Waals surface area (Å²) in [6.45, 7) is 6.44. The van der Waals surface area contributed by atoms with Crippen LogP contribution in [0.25, 0.3) is 0 Å². The first-order chi connectivity index (χ1) is 6.90. The van der Waals surface area contributed by atoms with Crippen molar-refractivity contribution in [2.24, 2.45) is 0 Å². The van der Waals surface area contributed by atoms with Crippen molar-refractivity contribution in [1.29, 1.82) is 0 Å². The molecule has 4 nitrogen and oxygen atoms in total. The highest BCUT2D eigenvalue weighted by Crippen LogP contribution is 2.11. The van der Waals surface area contributed by atoms with E-state index in [0.717, 1.165) is 31.9 Å². The van der Waals surface area contributed by atoms with Crippen LogP contribution in [0.2, 0.25) is 0 Å². The van der Waals surface area contributed by atoms with Crippen molar-refractivity contribution >= 4 is 0 Å². The number of nitrogens with zero attached hydrogens (tertiary/aromatic N) is 2. The zero-order chi connectivity index (χ0) is 9.80. The van der Waals surface area contributed by atoms with E-state index in [9.17, 15) is 0 Å². The minimum absolute atomic E-state index is 0.681. The van der Waals surface area contributed by atoms with Gasteiger partial charge in [0.25, 0.3) is 0 Å². The van der Waals surface area contributed by atoms with Crippen molar-refractivity contribution in [3.63, 3.8) is 0 Å². The predicted molar refractivity (Wildman–Crippen MR) is 53.9 cm³/mol. The Labute approximate surface area is 84.3 Å². The largest absolute Gasteiger partial charge is 0.360 e. The average molecular weight is 195 g/mol. The molecule has 0 aromatic carbocycles. The molecule has 1 fully saturated rings. The number of hydrogen-bond acceptors (Lipinski definition) is 4. The topological polar surface area (TPSA) is 41.3 Å². The highest BCUT2D eigenvalue weighted by atomic mass is 16.5. The highest BCUT2D eigenvalue weighted by molar-refractivity contribution is 4.95. The van der Waals surface area contributed by atoms with E-state index >= 15 is 0 Å². The predicted octanol–water partition coefficient (Wildman–Crippen LogP) is 0.858. The van der Waals surface area contributed by atoms with Crippen molar-refractivity contribution < 1.29 is 4.52 Å². The van der Waals surface area contributed by atoms with Crippen molar-refractivity contribution in [1.82, 2.24) is 15.4 Å². The fourth-order valence-electron chi connectivity index (χ4n) is 1.73. The maximum absolute atomic E-state index is 5.12. The zero-order valence-corrected chi connectivity index (χ0v) is 8.57. The van der Waals surface area contributed by atoms with Gasteiger partial charge in [0, 0.05) is 25.2 Å². The molecule has 2 rings (SSSR count). The van der Waals surface area contributed by atoms with E-state index in [1.54, 1.807) is 6.20 Å². The minimum Gasteiger partial charge on any atom is -0.360 e. The van der Waals surface area contributed by atoms with Crippen LogP contribution in [0.15, 0.2) is 16.8 Å². The molecular weight excluding hydrogens is 178 g/mol. The second-order valence-corrected chi connectivity index (χ2v) is 3.76. The summed E-state index contributed by atoms with van der Waals surface area (Å²) in [5.74, 6) is 0.963. The van der Waals surface area contributed by atoms with Crippen molar-refractivity contribution in [2.45, 2.75) is 25.9 Å². The van der Waals surface area contributed by atoms with Gasteiger partial charge in [-0.05, 0) is 13.0 Å². The van der Waals surface area contributed by atoms with Crippen molar-refractivity contribution in [3.05, 3.63) is 18.0 Å². The molecule has 1 saturated heterocycles. The van der Waals surface area contributed by atoms with Gasteiger partial charge in [0.15, 0.2) is 5.76 Å². The van der Waals surface area contributed by atoms with E-state index in [-0.39, 0.29) is 0 Å². The van der Waals surface area contributed by atoms with Crippen LogP contribution >= 0.6 is 0 Å². The zero-order valence-electron chi connectivity index (χ0n) is 8.57. The molecule has 1 aliphatic heterocycles. The first kappa shape index (κ1) is 9.68. The van der Waals surface area contributed by atoms with Crippen LogP contribution in [0.4, 0.5) is 0 Å². The lowest BCUT2D eigenvalue weighted by Crippen LogP contribution is -2.56. The Balaban J connectivity index is 1.89. The van der Waals surface area contributed by atoms with Gasteiger partial charge in [0.05, 0.1) is 12.7 Å². The number of aromatic nitrogens is 1. The van der Waals surface area contributed by atoms with Crippen LogP contribution in [0.5, 0.6) is 0 Å². The number of rotatable bonds is 5. The van der Waals surface area contributed by atoms with Crippen LogP contribution in [0.1, 0.15) is 19.1 Å². The highest BCUT2D eigenvalue weighted by Gasteiger charge is 2.24. The van der Waals surface area contributed by atoms with Crippen LogP contribution < -0.4 is 5.32 Å². The third-order valence-electron chi connectivity index (χ3n) is 2.64. The molecule has 0 unspecified atom stereocenters. The molecule has 1 aliphatic rings. The Morgan fingerprint density at radius 3 is 3.00 bits per heavy atom. The molecule has 78 valence electrons. The van der Waals surface area contributed by atoms with Gasteiger partial charge in [-0.1, -0.05) is 12.1 Å². The molecule has 0 amide bonds. The second-order valence-electron chi connectivity index (χ2n) is 3.76. The smallest absolute Gasteiger partial charge is 0.150 e. The first-order valence-corrected chi connectivity index (χ1v) is 5.24. The van der Waals surface area contributed by atoms with Crippen LogP contribution in [0.3, 0.4) is 0 Å². The second kappa shape index (κ2) is 4.57. The quantitative estimate of drug-likeness (QED) is 0.756. The molecule has 1 aromatic heterocycles. The third-order valence-corrected chi connectivity index (χ3v) is 2.64. The maximum atomic E-state index is 5.12. The van der Waals surface area contributed by atoms with E-state index in [1.165, 1.54) is 6.42 Å². The number of hydrogen-bond donors (Lipinski definition) is 1. The lowest BCUT2D eigenvalue weighted by molar-refractivity contribution is 0.125. The summed E-state index contributed by atoms with van der Waals surface area (Å²) < 4.78 is 5.12.